The van der Waals surface area contributed by atoms with E-state index in [1.165, 1.54) is 22.3 Å². The predicted octanol–water partition coefficient (Wildman–Crippen LogP) is 3.66. The number of benzene rings is 2. The molecule has 0 radical (unpaired) electrons. The van der Waals surface area contributed by atoms with E-state index in [1.54, 1.807) is 55.6 Å². The van der Waals surface area contributed by atoms with Crippen molar-refractivity contribution < 1.29 is 22.7 Å². The van der Waals surface area contributed by atoms with Crippen LogP contribution in [0.2, 0.25) is 0 Å². The number of methoxy groups -OCH3 is 1. The van der Waals surface area contributed by atoms with Crippen molar-refractivity contribution in [2.75, 3.05) is 38.7 Å². The summed E-state index contributed by atoms with van der Waals surface area (Å²) in [5.41, 5.74) is 2.27. The Hall–Kier alpha value is -2.92. The van der Waals surface area contributed by atoms with E-state index in [-0.39, 0.29) is 10.8 Å². The van der Waals surface area contributed by atoms with Gasteiger partial charge in [0.2, 0.25) is 10.0 Å². The number of anilines is 1. The molecule has 0 aliphatic carbocycles. The van der Waals surface area contributed by atoms with E-state index >= 15 is 0 Å². The average Bonchev–Trinajstić information content (AvgIpc) is 2.89. The van der Waals surface area contributed by atoms with E-state index in [2.05, 4.69) is 10.3 Å². The summed E-state index contributed by atoms with van der Waals surface area (Å²) >= 11 is 1.50. The minimum Gasteiger partial charge on any atom is -0.497 e. The van der Waals surface area contributed by atoms with Gasteiger partial charge in [0.15, 0.2) is 0 Å². The number of sulfonamides is 1. The zero-order valence-corrected chi connectivity index (χ0v) is 20.3. The van der Waals surface area contributed by atoms with Gasteiger partial charge in [0, 0.05) is 36.3 Å². The Kier molecular flexibility index (Phi) is 7.84. The number of nitrogens with zero attached hydrogens (tertiary/aromatic N) is 2. The van der Waals surface area contributed by atoms with Crippen molar-refractivity contribution in [2.45, 2.75) is 15.7 Å². The topological polar surface area (TPSA) is 97.8 Å². The lowest BCUT2D eigenvalue weighted by Crippen LogP contribution is -2.40. The molecule has 1 saturated heterocycles. The summed E-state index contributed by atoms with van der Waals surface area (Å²) in [6.07, 6.45) is 1.40. The molecule has 1 fully saturated rings. The summed E-state index contributed by atoms with van der Waals surface area (Å²) in [4.78, 5) is 17.0. The van der Waals surface area contributed by atoms with Gasteiger partial charge in [-0.2, -0.15) is 4.31 Å². The molecule has 1 aromatic heterocycles. The molecule has 0 unspecified atom stereocenters. The van der Waals surface area contributed by atoms with Crippen LogP contribution in [0.4, 0.5) is 5.69 Å². The van der Waals surface area contributed by atoms with Crippen molar-refractivity contribution in [2.24, 2.45) is 0 Å². The van der Waals surface area contributed by atoms with Crippen LogP contribution in [0.15, 0.2) is 76.8 Å². The zero-order chi connectivity index (χ0) is 24.0. The van der Waals surface area contributed by atoms with Gasteiger partial charge in [-0.25, -0.2) is 13.4 Å². The Morgan fingerprint density at radius 3 is 2.38 bits per heavy atom. The smallest absolute Gasteiger partial charge is 0.255 e. The number of carbonyl (C=O) groups excluding carboxylic acids is 1. The van der Waals surface area contributed by atoms with Gasteiger partial charge in [-0.1, -0.05) is 12.1 Å². The number of thioether (sulfide) groups is 1. The van der Waals surface area contributed by atoms with Crippen LogP contribution in [0.3, 0.4) is 0 Å². The van der Waals surface area contributed by atoms with Crippen molar-refractivity contribution in [1.29, 1.82) is 0 Å². The second-order valence-corrected chi connectivity index (χ2v) is 10.5. The fourth-order valence-corrected chi connectivity index (χ4v) is 5.48. The Morgan fingerprint density at radius 2 is 1.76 bits per heavy atom. The first-order chi connectivity index (χ1) is 16.5. The SMILES string of the molecule is COc1ccc(NC(=O)c2ccc(CSc3ccc(S(=O)(=O)N4CCOCC4)cn3)cc2)cc1. The van der Waals surface area contributed by atoms with Crippen LogP contribution in [-0.4, -0.2) is 57.0 Å². The second-order valence-electron chi connectivity index (χ2n) is 7.52. The van der Waals surface area contributed by atoms with Crippen LogP contribution in [0.25, 0.3) is 0 Å². The Labute approximate surface area is 203 Å². The lowest BCUT2D eigenvalue weighted by Gasteiger charge is -2.25. The van der Waals surface area contributed by atoms with E-state index in [1.807, 2.05) is 12.1 Å². The van der Waals surface area contributed by atoms with Crippen LogP contribution in [0.1, 0.15) is 15.9 Å². The first-order valence-electron chi connectivity index (χ1n) is 10.7. The molecule has 1 aliphatic rings. The number of ether oxygens (including phenoxy) is 2. The van der Waals surface area contributed by atoms with Crippen LogP contribution in [-0.2, 0) is 20.5 Å². The fourth-order valence-electron chi connectivity index (χ4n) is 3.33. The minimum atomic E-state index is -3.55. The summed E-state index contributed by atoms with van der Waals surface area (Å²) in [5.74, 6) is 1.17. The quantitative estimate of drug-likeness (QED) is 0.473. The molecule has 178 valence electrons. The van der Waals surface area contributed by atoms with E-state index in [9.17, 15) is 13.2 Å². The number of hydrogen-bond donors (Lipinski definition) is 1. The van der Waals surface area contributed by atoms with Gasteiger partial charge in [-0.15, -0.1) is 11.8 Å². The molecule has 3 aromatic rings. The normalized spacial score (nSPS) is 14.5. The molecule has 2 heterocycles. The first kappa shape index (κ1) is 24.2. The molecular formula is C24H25N3O5S2. The molecule has 34 heavy (non-hydrogen) atoms. The highest BCUT2D eigenvalue weighted by atomic mass is 32.2. The monoisotopic (exact) mass is 499 g/mol. The van der Waals surface area contributed by atoms with Gasteiger partial charge in [0.05, 0.1) is 25.3 Å². The maximum atomic E-state index is 12.7. The van der Waals surface area contributed by atoms with Gasteiger partial charge in [-0.3, -0.25) is 4.79 Å². The number of morpholine rings is 1. The standard InChI is InChI=1S/C24H25N3O5S2/c1-31-21-8-6-20(7-9-21)26-24(28)19-4-2-18(3-5-19)17-33-23-11-10-22(16-25-23)34(29,30)27-12-14-32-15-13-27/h2-11,16H,12-15,17H2,1H3,(H,26,28). The summed E-state index contributed by atoms with van der Waals surface area (Å²) in [6, 6.07) is 17.8. The molecule has 1 amide bonds. The van der Waals surface area contributed by atoms with Gasteiger partial charge in [0.1, 0.15) is 10.6 Å². The van der Waals surface area contributed by atoms with Crippen LogP contribution in [0, 0.1) is 0 Å². The van der Waals surface area contributed by atoms with E-state index in [0.717, 1.165) is 16.3 Å². The Balaban J connectivity index is 1.31. The van der Waals surface area contributed by atoms with Crippen molar-refractivity contribution in [3.05, 3.63) is 78.0 Å². The molecular weight excluding hydrogens is 474 g/mol. The number of amides is 1. The first-order valence-corrected chi connectivity index (χ1v) is 13.1. The lowest BCUT2D eigenvalue weighted by atomic mass is 10.1. The van der Waals surface area contributed by atoms with Gasteiger partial charge >= 0.3 is 0 Å². The molecule has 4 rings (SSSR count). The van der Waals surface area contributed by atoms with Gasteiger partial charge in [0.25, 0.3) is 5.91 Å². The highest BCUT2D eigenvalue weighted by Gasteiger charge is 2.26. The zero-order valence-electron chi connectivity index (χ0n) is 18.6. The number of rotatable bonds is 8. The molecule has 1 N–H and O–H groups in total. The van der Waals surface area contributed by atoms with Crippen LogP contribution >= 0.6 is 11.8 Å². The third kappa shape index (κ3) is 5.95. The summed E-state index contributed by atoms with van der Waals surface area (Å²) in [7, 11) is -1.95. The molecule has 10 heteroatoms. The minimum absolute atomic E-state index is 0.186. The largest absolute Gasteiger partial charge is 0.497 e. The van der Waals surface area contributed by atoms with E-state index in [0.29, 0.717) is 43.3 Å². The Morgan fingerprint density at radius 1 is 1.06 bits per heavy atom. The summed E-state index contributed by atoms with van der Waals surface area (Å²) < 4.78 is 37.2. The molecule has 8 nitrogen and oxygen atoms in total. The second kappa shape index (κ2) is 11.0. The molecule has 0 bridgehead atoms. The van der Waals surface area contributed by atoms with E-state index < -0.39 is 10.0 Å². The van der Waals surface area contributed by atoms with Crippen molar-refractivity contribution >= 4 is 33.4 Å². The highest BCUT2D eigenvalue weighted by molar-refractivity contribution is 7.98. The van der Waals surface area contributed by atoms with Crippen molar-refractivity contribution in [1.82, 2.24) is 9.29 Å². The maximum absolute atomic E-state index is 12.7. The van der Waals surface area contributed by atoms with Crippen LogP contribution < -0.4 is 10.1 Å². The van der Waals surface area contributed by atoms with Crippen molar-refractivity contribution in [3.8, 4) is 5.75 Å². The average molecular weight is 500 g/mol. The van der Waals surface area contributed by atoms with Gasteiger partial charge in [-0.05, 0) is 54.1 Å². The number of hydrogen-bond acceptors (Lipinski definition) is 7. The highest BCUT2D eigenvalue weighted by Crippen LogP contribution is 2.24. The summed E-state index contributed by atoms with van der Waals surface area (Å²) in [5, 5.41) is 3.58. The Bertz CT molecular complexity index is 1210. The third-order valence-electron chi connectivity index (χ3n) is 5.27. The fraction of sp³-hybridized carbons (Fsp3) is 0.250. The van der Waals surface area contributed by atoms with Crippen LogP contribution in [0.5, 0.6) is 5.75 Å². The molecule has 2 aromatic carbocycles. The number of carbonyl (C=O) groups is 1. The molecule has 0 atom stereocenters. The number of pyridine rings is 1. The number of nitrogens with one attached hydrogen (secondary N) is 1. The summed E-state index contributed by atoms with van der Waals surface area (Å²) in [6.45, 7) is 1.52. The van der Waals surface area contributed by atoms with E-state index in [4.69, 9.17) is 9.47 Å². The molecule has 0 saturated carbocycles. The maximum Gasteiger partial charge on any atom is 0.255 e. The molecule has 0 spiro atoms. The molecule has 1 aliphatic heterocycles. The van der Waals surface area contributed by atoms with Crippen molar-refractivity contribution in [3.63, 3.8) is 0 Å². The predicted molar refractivity (Wildman–Crippen MR) is 131 cm³/mol. The third-order valence-corrected chi connectivity index (χ3v) is 8.16. The van der Waals surface area contributed by atoms with Gasteiger partial charge < -0.3 is 14.8 Å². The number of aromatic nitrogens is 1. The lowest BCUT2D eigenvalue weighted by molar-refractivity contribution is 0.0730.